The molecule has 1 fully saturated rings. The van der Waals surface area contributed by atoms with Crippen molar-refractivity contribution in [3.8, 4) is 0 Å². The third kappa shape index (κ3) is 5.02. The summed E-state index contributed by atoms with van der Waals surface area (Å²) >= 11 is 0. The number of nitrogens with zero attached hydrogens (tertiary/aromatic N) is 1. The summed E-state index contributed by atoms with van der Waals surface area (Å²) in [4.78, 5) is 13.8. The summed E-state index contributed by atoms with van der Waals surface area (Å²) in [6.07, 6.45) is 2.93. The first-order valence-corrected chi connectivity index (χ1v) is 8.08. The zero-order valence-corrected chi connectivity index (χ0v) is 14.1. The molecule has 4 heteroatoms. The largest absolute Gasteiger partial charge is 0.444 e. The molecule has 1 saturated heterocycles. The number of carbonyl (C=O) groups is 1. The summed E-state index contributed by atoms with van der Waals surface area (Å²) in [6, 6.07) is 11.2. The number of benzene rings is 1. The zero-order chi connectivity index (χ0) is 16.2. The molecule has 0 bridgehead atoms. The second kappa shape index (κ2) is 7.14. The number of amides is 1. The summed E-state index contributed by atoms with van der Waals surface area (Å²) in [5.41, 5.74) is 0.928. The van der Waals surface area contributed by atoms with E-state index in [1.165, 1.54) is 5.56 Å². The molecule has 1 aliphatic heterocycles. The van der Waals surface area contributed by atoms with Gasteiger partial charge in [-0.2, -0.15) is 0 Å². The maximum Gasteiger partial charge on any atom is 0.410 e. The fraction of sp³-hybridized carbons (Fsp3) is 0.611. The minimum absolute atomic E-state index is 0.218. The molecule has 0 aliphatic carbocycles. The molecule has 0 radical (unpaired) electrons. The Labute approximate surface area is 133 Å². The van der Waals surface area contributed by atoms with Crippen LogP contribution in [0.2, 0.25) is 0 Å². The van der Waals surface area contributed by atoms with E-state index in [0.717, 1.165) is 25.8 Å². The van der Waals surface area contributed by atoms with E-state index in [-0.39, 0.29) is 12.1 Å². The van der Waals surface area contributed by atoms with E-state index in [2.05, 4.69) is 29.6 Å². The zero-order valence-electron chi connectivity index (χ0n) is 14.1. The van der Waals surface area contributed by atoms with Crippen molar-refractivity contribution >= 4 is 6.09 Å². The quantitative estimate of drug-likeness (QED) is 0.928. The Kier molecular flexibility index (Phi) is 5.46. The van der Waals surface area contributed by atoms with Crippen molar-refractivity contribution in [3.05, 3.63) is 35.9 Å². The van der Waals surface area contributed by atoms with Crippen LogP contribution in [0, 0.1) is 0 Å². The van der Waals surface area contributed by atoms with Gasteiger partial charge >= 0.3 is 6.09 Å². The summed E-state index contributed by atoms with van der Waals surface area (Å²) < 4.78 is 5.44. The number of likely N-dealkylation sites (N-methyl/N-ethyl adjacent to an activating group) is 1. The molecular weight excluding hydrogens is 276 g/mol. The second-order valence-corrected chi connectivity index (χ2v) is 7.11. The molecule has 0 aromatic heterocycles. The van der Waals surface area contributed by atoms with E-state index in [1.807, 2.05) is 33.9 Å². The molecule has 1 heterocycles. The molecule has 1 aromatic rings. The molecule has 1 aliphatic rings. The van der Waals surface area contributed by atoms with Crippen LogP contribution in [0.4, 0.5) is 4.79 Å². The topological polar surface area (TPSA) is 41.6 Å². The summed E-state index contributed by atoms with van der Waals surface area (Å²) in [5, 5.41) is 3.53. The van der Waals surface area contributed by atoms with E-state index in [9.17, 15) is 4.79 Å². The lowest BCUT2D eigenvalue weighted by Crippen LogP contribution is -2.41. The Hall–Kier alpha value is -1.55. The minimum atomic E-state index is -0.440. The number of hydrogen-bond donors (Lipinski definition) is 1. The van der Waals surface area contributed by atoms with Gasteiger partial charge in [-0.15, -0.1) is 0 Å². The van der Waals surface area contributed by atoms with Crippen molar-refractivity contribution in [2.45, 2.75) is 57.7 Å². The van der Waals surface area contributed by atoms with Crippen LogP contribution in [0.15, 0.2) is 30.3 Å². The SMILES string of the molecule is CN(C(=O)OC(C)(C)C)C1CNC(CCc2ccccc2)C1. The molecule has 0 spiro atoms. The molecule has 122 valence electrons. The number of nitrogens with one attached hydrogen (secondary N) is 1. The van der Waals surface area contributed by atoms with Gasteiger partial charge in [-0.1, -0.05) is 30.3 Å². The smallest absolute Gasteiger partial charge is 0.410 e. The van der Waals surface area contributed by atoms with Gasteiger partial charge in [-0.25, -0.2) is 4.79 Å². The van der Waals surface area contributed by atoms with Crippen molar-refractivity contribution in [2.75, 3.05) is 13.6 Å². The van der Waals surface area contributed by atoms with Crippen LogP contribution in [-0.4, -0.2) is 42.3 Å². The molecule has 4 nitrogen and oxygen atoms in total. The molecule has 22 heavy (non-hydrogen) atoms. The van der Waals surface area contributed by atoms with E-state index < -0.39 is 5.60 Å². The standard InChI is InChI=1S/C18H28N2O2/c1-18(2,3)22-17(21)20(4)16-12-15(19-13-16)11-10-14-8-6-5-7-9-14/h5-9,15-16,19H,10-13H2,1-4H3. The van der Waals surface area contributed by atoms with Gasteiger partial charge in [-0.3, -0.25) is 0 Å². The number of ether oxygens (including phenoxy) is 1. The second-order valence-electron chi connectivity index (χ2n) is 7.11. The highest BCUT2D eigenvalue weighted by atomic mass is 16.6. The predicted molar refractivity (Wildman–Crippen MR) is 89.0 cm³/mol. The third-order valence-corrected chi connectivity index (χ3v) is 4.05. The van der Waals surface area contributed by atoms with Crippen molar-refractivity contribution in [1.82, 2.24) is 10.2 Å². The highest BCUT2D eigenvalue weighted by molar-refractivity contribution is 5.68. The monoisotopic (exact) mass is 304 g/mol. The minimum Gasteiger partial charge on any atom is -0.444 e. The lowest BCUT2D eigenvalue weighted by Gasteiger charge is -2.28. The van der Waals surface area contributed by atoms with Gasteiger partial charge in [0.2, 0.25) is 0 Å². The van der Waals surface area contributed by atoms with Crippen LogP contribution in [0.3, 0.4) is 0 Å². The van der Waals surface area contributed by atoms with Crippen LogP contribution < -0.4 is 5.32 Å². The molecule has 2 rings (SSSR count). The van der Waals surface area contributed by atoms with Gasteiger partial charge in [0, 0.05) is 25.7 Å². The Morgan fingerprint density at radius 3 is 2.64 bits per heavy atom. The van der Waals surface area contributed by atoms with Crippen molar-refractivity contribution in [3.63, 3.8) is 0 Å². The van der Waals surface area contributed by atoms with Gasteiger partial charge in [-0.05, 0) is 45.6 Å². The highest BCUT2D eigenvalue weighted by Crippen LogP contribution is 2.19. The third-order valence-electron chi connectivity index (χ3n) is 4.05. The van der Waals surface area contributed by atoms with E-state index in [4.69, 9.17) is 4.74 Å². The molecule has 2 atom stereocenters. The van der Waals surface area contributed by atoms with Crippen molar-refractivity contribution in [1.29, 1.82) is 0 Å². The fourth-order valence-corrected chi connectivity index (χ4v) is 2.78. The predicted octanol–water partition coefficient (Wildman–Crippen LogP) is 3.22. The Morgan fingerprint density at radius 1 is 1.32 bits per heavy atom. The highest BCUT2D eigenvalue weighted by Gasteiger charge is 2.31. The lowest BCUT2D eigenvalue weighted by atomic mass is 10.0. The molecule has 1 amide bonds. The molecule has 1 aromatic carbocycles. The van der Waals surface area contributed by atoms with Crippen LogP contribution in [-0.2, 0) is 11.2 Å². The number of carbonyl (C=O) groups excluding carboxylic acids is 1. The average molecular weight is 304 g/mol. The van der Waals surface area contributed by atoms with Gasteiger partial charge in [0.1, 0.15) is 5.60 Å². The Bertz CT molecular complexity index is 482. The van der Waals surface area contributed by atoms with Crippen molar-refractivity contribution < 1.29 is 9.53 Å². The first-order chi connectivity index (χ1) is 10.3. The molecule has 1 N–H and O–H groups in total. The normalized spacial score (nSPS) is 21.6. The van der Waals surface area contributed by atoms with Crippen LogP contribution in [0.1, 0.15) is 39.2 Å². The van der Waals surface area contributed by atoms with Gasteiger partial charge in [0.05, 0.1) is 0 Å². The van der Waals surface area contributed by atoms with Crippen LogP contribution >= 0.6 is 0 Å². The molecule has 0 saturated carbocycles. The summed E-state index contributed by atoms with van der Waals surface area (Å²) in [7, 11) is 1.83. The average Bonchev–Trinajstić information content (AvgIpc) is 2.92. The Balaban J connectivity index is 1.78. The molecule has 2 unspecified atom stereocenters. The number of hydrogen-bond acceptors (Lipinski definition) is 3. The molecular formula is C18H28N2O2. The first-order valence-electron chi connectivity index (χ1n) is 8.08. The van der Waals surface area contributed by atoms with Gasteiger partial charge < -0.3 is 15.0 Å². The van der Waals surface area contributed by atoms with Gasteiger partial charge in [0.15, 0.2) is 0 Å². The van der Waals surface area contributed by atoms with Gasteiger partial charge in [0.25, 0.3) is 0 Å². The van der Waals surface area contributed by atoms with Crippen LogP contribution in [0.5, 0.6) is 0 Å². The van der Waals surface area contributed by atoms with Crippen LogP contribution in [0.25, 0.3) is 0 Å². The summed E-state index contributed by atoms with van der Waals surface area (Å²) in [5.74, 6) is 0. The Morgan fingerprint density at radius 2 is 2.00 bits per heavy atom. The van der Waals surface area contributed by atoms with E-state index in [1.54, 1.807) is 4.90 Å². The lowest BCUT2D eigenvalue weighted by molar-refractivity contribution is 0.0235. The van der Waals surface area contributed by atoms with E-state index >= 15 is 0 Å². The van der Waals surface area contributed by atoms with E-state index in [0.29, 0.717) is 6.04 Å². The first kappa shape index (κ1) is 16.8. The number of rotatable bonds is 4. The maximum absolute atomic E-state index is 12.1. The van der Waals surface area contributed by atoms with Crippen molar-refractivity contribution in [2.24, 2.45) is 0 Å². The maximum atomic E-state index is 12.1. The fourth-order valence-electron chi connectivity index (χ4n) is 2.78. The summed E-state index contributed by atoms with van der Waals surface area (Å²) in [6.45, 7) is 6.53. The number of aryl methyl sites for hydroxylation is 1.